The maximum atomic E-state index is 13.6. The van der Waals surface area contributed by atoms with Crippen LogP contribution in [-0.2, 0) is 17.8 Å². The molecule has 3 rings (SSSR count). The quantitative estimate of drug-likeness (QED) is 0.847. The van der Waals surface area contributed by atoms with Gasteiger partial charge >= 0.3 is 0 Å². The van der Waals surface area contributed by atoms with Gasteiger partial charge in [0.2, 0.25) is 5.91 Å². The molecule has 0 aromatic heterocycles. The Kier molecular flexibility index (Phi) is 6.45. The first-order chi connectivity index (χ1) is 13.1. The number of carbonyl (C=O) groups excluding carboxylic acids is 1. The van der Waals surface area contributed by atoms with Gasteiger partial charge in [0.1, 0.15) is 11.6 Å². The van der Waals surface area contributed by atoms with Crippen molar-refractivity contribution in [3.05, 3.63) is 65.0 Å². The zero-order valence-corrected chi connectivity index (χ0v) is 16.0. The highest BCUT2D eigenvalue weighted by Gasteiger charge is 2.23. The Morgan fingerprint density at radius 2 is 1.96 bits per heavy atom. The Bertz CT molecular complexity index is 786. The van der Waals surface area contributed by atoms with Gasteiger partial charge in [-0.05, 0) is 43.0 Å². The number of hydrogen-bond donors (Lipinski definition) is 1. The van der Waals surface area contributed by atoms with E-state index < -0.39 is 0 Å². The molecule has 0 atom stereocenters. The van der Waals surface area contributed by atoms with Gasteiger partial charge in [0.15, 0.2) is 0 Å². The van der Waals surface area contributed by atoms with E-state index in [0.29, 0.717) is 24.6 Å². The summed E-state index contributed by atoms with van der Waals surface area (Å²) in [5, 5.41) is 3.49. The number of nitrogens with one attached hydrogen (secondary N) is 1. The molecule has 1 N–H and O–H groups in total. The lowest BCUT2D eigenvalue weighted by molar-refractivity contribution is -0.131. The van der Waals surface area contributed by atoms with Crippen molar-refractivity contribution < 1.29 is 13.9 Å². The highest BCUT2D eigenvalue weighted by molar-refractivity contribution is 5.79. The summed E-state index contributed by atoms with van der Waals surface area (Å²) in [5.74, 6) is 0.734. The Morgan fingerprint density at radius 3 is 2.67 bits per heavy atom. The summed E-state index contributed by atoms with van der Waals surface area (Å²) in [6, 6.07) is 13.4. The van der Waals surface area contributed by atoms with E-state index >= 15 is 0 Å². The number of amides is 1. The fourth-order valence-electron chi connectivity index (χ4n) is 3.47. The lowest BCUT2D eigenvalue weighted by atomic mass is 10.0. The topological polar surface area (TPSA) is 41.6 Å². The van der Waals surface area contributed by atoms with Gasteiger partial charge < -0.3 is 15.0 Å². The first kappa shape index (κ1) is 19.4. The number of likely N-dealkylation sites (tertiary alicyclic amines) is 1. The van der Waals surface area contributed by atoms with Crippen molar-refractivity contribution in [3.63, 3.8) is 0 Å². The van der Waals surface area contributed by atoms with Crippen LogP contribution in [0.3, 0.4) is 0 Å². The molecule has 0 unspecified atom stereocenters. The highest BCUT2D eigenvalue weighted by Crippen LogP contribution is 2.20. The van der Waals surface area contributed by atoms with Crippen molar-refractivity contribution in [2.75, 3.05) is 20.2 Å². The highest BCUT2D eigenvalue weighted by atomic mass is 19.1. The summed E-state index contributed by atoms with van der Waals surface area (Å²) in [7, 11) is 1.63. The van der Waals surface area contributed by atoms with Crippen molar-refractivity contribution >= 4 is 5.91 Å². The first-order valence-corrected chi connectivity index (χ1v) is 9.45. The van der Waals surface area contributed by atoms with Crippen molar-refractivity contribution in [1.82, 2.24) is 10.2 Å². The first-order valence-electron chi connectivity index (χ1n) is 9.45. The van der Waals surface area contributed by atoms with Crippen LogP contribution in [0.4, 0.5) is 4.39 Å². The van der Waals surface area contributed by atoms with Crippen molar-refractivity contribution in [3.8, 4) is 5.75 Å². The molecule has 0 bridgehead atoms. The molecule has 1 aliphatic rings. The molecule has 0 spiro atoms. The Labute approximate surface area is 160 Å². The summed E-state index contributed by atoms with van der Waals surface area (Å²) in [6.07, 6.45) is 2.18. The number of methoxy groups -OCH3 is 1. The molecule has 0 saturated carbocycles. The minimum atomic E-state index is -0.161. The Balaban J connectivity index is 1.46. The fraction of sp³-hybridized carbons (Fsp3) is 0.409. The number of rotatable bonds is 6. The van der Waals surface area contributed by atoms with Crippen LogP contribution in [0, 0.1) is 12.7 Å². The molecule has 2 aromatic rings. The van der Waals surface area contributed by atoms with E-state index in [1.807, 2.05) is 41.3 Å². The molecular formula is C22H27FN2O2. The van der Waals surface area contributed by atoms with Crippen LogP contribution in [0.25, 0.3) is 0 Å². The number of benzene rings is 2. The Hall–Kier alpha value is -2.40. The number of para-hydroxylation sites is 1. The minimum Gasteiger partial charge on any atom is -0.496 e. The molecule has 1 fully saturated rings. The minimum absolute atomic E-state index is 0.138. The van der Waals surface area contributed by atoms with Crippen molar-refractivity contribution in [1.29, 1.82) is 0 Å². The average molecular weight is 370 g/mol. The molecule has 1 saturated heterocycles. The zero-order valence-electron chi connectivity index (χ0n) is 16.0. The van der Waals surface area contributed by atoms with Crippen LogP contribution in [-0.4, -0.2) is 37.0 Å². The predicted octanol–water partition coefficient (Wildman–Crippen LogP) is 3.47. The SMILES string of the molecule is COc1ccccc1CC(=O)N1CCC(NCc2ccc(C)c(F)c2)CC1. The van der Waals surface area contributed by atoms with Crippen molar-refractivity contribution in [2.24, 2.45) is 0 Å². The third kappa shape index (κ3) is 5.07. The lowest BCUT2D eigenvalue weighted by Gasteiger charge is -2.32. The number of nitrogens with zero attached hydrogens (tertiary/aromatic N) is 1. The second-order valence-corrected chi connectivity index (χ2v) is 7.11. The van der Waals surface area contributed by atoms with Crippen LogP contribution in [0.2, 0.25) is 0 Å². The van der Waals surface area contributed by atoms with Gasteiger partial charge in [-0.2, -0.15) is 0 Å². The van der Waals surface area contributed by atoms with Gasteiger partial charge in [0.25, 0.3) is 0 Å². The average Bonchev–Trinajstić information content (AvgIpc) is 2.69. The third-order valence-corrected chi connectivity index (χ3v) is 5.21. The van der Waals surface area contributed by atoms with E-state index in [4.69, 9.17) is 4.74 Å². The van der Waals surface area contributed by atoms with Crippen molar-refractivity contribution in [2.45, 2.75) is 38.8 Å². The van der Waals surface area contributed by atoms with Gasteiger partial charge in [-0.15, -0.1) is 0 Å². The molecule has 1 amide bonds. The normalized spacial score (nSPS) is 15.0. The number of hydrogen-bond acceptors (Lipinski definition) is 3. The molecule has 0 aliphatic carbocycles. The van der Waals surface area contributed by atoms with E-state index in [9.17, 15) is 9.18 Å². The summed E-state index contributed by atoms with van der Waals surface area (Å²) >= 11 is 0. The second-order valence-electron chi connectivity index (χ2n) is 7.11. The van der Waals surface area contributed by atoms with Crippen LogP contribution < -0.4 is 10.1 Å². The summed E-state index contributed by atoms with van der Waals surface area (Å²) < 4.78 is 19.0. The Morgan fingerprint density at radius 1 is 1.22 bits per heavy atom. The molecule has 4 nitrogen and oxygen atoms in total. The monoisotopic (exact) mass is 370 g/mol. The largest absolute Gasteiger partial charge is 0.496 e. The van der Waals surface area contributed by atoms with Gasteiger partial charge in [0, 0.05) is 31.2 Å². The molecule has 27 heavy (non-hydrogen) atoms. The maximum absolute atomic E-state index is 13.6. The van der Waals surface area contributed by atoms with E-state index in [1.165, 1.54) is 0 Å². The smallest absolute Gasteiger partial charge is 0.227 e. The zero-order chi connectivity index (χ0) is 19.2. The fourth-order valence-corrected chi connectivity index (χ4v) is 3.47. The second kappa shape index (κ2) is 9.00. The molecule has 1 heterocycles. The van der Waals surface area contributed by atoms with E-state index in [2.05, 4.69) is 5.32 Å². The van der Waals surface area contributed by atoms with Crippen LogP contribution in [0.15, 0.2) is 42.5 Å². The molecule has 5 heteroatoms. The van der Waals surface area contributed by atoms with Gasteiger partial charge in [-0.25, -0.2) is 4.39 Å². The van der Waals surface area contributed by atoms with E-state index in [0.717, 1.165) is 42.8 Å². The molecule has 144 valence electrons. The lowest BCUT2D eigenvalue weighted by Crippen LogP contribution is -2.45. The molecule has 0 radical (unpaired) electrons. The predicted molar refractivity (Wildman–Crippen MR) is 104 cm³/mol. The van der Waals surface area contributed by atoms with E-state index in [-0.39, 0.29) is 11.7 Å². The number of ether oxygens (including phenoxy) is 1. The summed E-state index contributed by atoms with van der Waals surface area (Å²) in [4.78, 5) is 14.5. The molecule has 1 aliphatic heterocycles. The third-order valence-electron chi connectivity index (χ3n) is 5.21. The molecule has 2 aromatic carbocycles. The number of piperidine rings is 1. The number of halogens is 1. The van der Waals surface area contributed by atoms with Gasteiger partial charge in [0.05, 0.1) is 13.5 Å². The van der Waals surface area contributed by atoms with Crippen LogP contribution >= 0.6 is 0 Å². The molecular weight excluding hydrogens is 343 g/mol. The summed E-state index contributed by atoms with van der Waals surface area (Å²) in [5.41, 5.74) is 2.54. The maximum Gasteiger partial charge on any atom is 0.227 e. The number of carbonyl (C=O) groups is 1. The van der Waals surface area contributed by atoms with E-state index in [1.54, 1.807) is 20.1 Å². The van der Waals surface area contributed by atoms with Gasteiger partial charge in [-0.3, -0.25) is 4.79 Å². The standard InChI is InChI=1S/C22H27FN2O2/c1-16-7-8-17(13-20(16)23)15-24-19-9-11-25(12-10-19)22(26)14-18-5-3-4-6-21(18)27-2/h3-8,13,19,24H,9-12,14-15H2,1-2H3. The van der Waals surface area contributed by atoms with Crippen LogP contribution in [0.5, 0.6) is 5.75 Å². The van der Waals surface area contributed by atoms with Gasteiger partial charge in [-0.1, -0.05) is 30.3 Å². The number of aryl methyl sites for hydroxylation is 1. The van der Waals surface area contributed by atoms with Crippen LogP contribution in [0.1, 0.15) is 29.5 Å². The summed E-state index contributed by atoms with van der Waals surface area (Å²) in [6.45, 7) is 3.91.